The minimum Gasteiger partial charge on any atom is -0.508 e. The molecule has 0 bridgehead atoms. The van der Waals surface area contributed by atoms with E-state index in [0.717, 1.165) is 5.56 Å². The van der Waals surface area contributed by atoms with Gasteiger partial charge in [0.05, 0.1) is 12.2 Å². The Morgan fingerprint density at radius 2 is 2.00 bits per heavy atom. The smallest absolute Gasteiger partial charge is 0.115 e. The van der Waals surface area contributed by atoms with Crippen molar-refractivity contribution >= 4 is 0 Å². The van der Waals surface area contributed by atoms with E-state index in [-0.39, 0.29) is 11.8 Å². The second-order valence-electron chi connectivity index (χ2n) is 3.15. The van der Waals surface area contributed by atoms with Crippen molar-refractivity contribution in [3.8, 4) is 5.75 Å². The number of nitrogens with zero attached hydrogens (tertiary/aromatic N) is 3. The molecule has 1 aromatic carbocycles. The van der Waals surface area contributed by atoms with Gasteiger partial charge in [0, 0.05) is 6.20 Å². The lowest BCUT2D eigenvalue weighted by atomic mass is 10.1. The second kappa shape index (κ2) is 3.49. The molecule has 2 aromatic rings. The van der Waals surface area contributed by atoms with Gasteiger partial charge in [0.2, 0.25) is 0 Å². The number of phenols is 1. The van der Waals surface area contributed by atoms with Gasteiger partial charge < -0.3 is 5.11 Å². The molecule has 72 valence electrons. The fourth-order valence-corrected chi connectivity index (χ4v) is 1.33. The minimum absolute atomic E-state index is 0.137. The van der Waals surface area contributed by atoms with Crippen molar-refractivity contribution in [2.24, 2.45) is 0 Å². The third-order valence-corrected chi connectivity index (χ3v) is 2.21. The molecule has 0 spiro atoms. The highest BCUT2D eigenvalue weighted by atomic mass is 16.3. The van der Waals surface area contributed by atoms with Gasteiger partial charge in [-0.2, -0.15) is 0 Å². The van der Waals surface area contributed by atoms with Gasteiger partial charge in [-0.25, -0.2) is 4.68 Å². The second-order valence-corrected chi connectivity index (χ2v) is 3.15. The van der Waals surface area contributed by atoms with Gasteiger partial charge >= 0.3 is 0 Å². The van der Waals surface area contributed by atoms with Crippen molar-refractivity contribution in [2.45, 2.75) is 13.0 Å². The normalized spacial score (nSPS) is 12.6. The van der Waals surface area contributed by atoms with Crippen LogP contribution in [0.3, 0.4) is 0 Å². The van der Waals surface area contributed by atoms with Crippen LogP contribution in [-0.2, 0) is 0 Å². The summed E-state index contributed by atoms with van der Waals surface area (Å²) in [5, 5.41) is 16.8. The maximum absolute atomic E-state index is 9.13. The predicted molar refractivity (Wildman–Crippen MR) is 51.9 cm³/mol. The first-order valence-corrected chi connectivity index (χ1v) is 4.42. The first-order valence-electron chi connectivity index (χ1n) is 4.42. The fraction of sp³-hybridized carbons (Fsp3) is 0.200. The Bertz CT molecular complexity index is 394. The van der Waals surface area contributed by atoms with Crippen LogP contribution >= 0.6 is 0 Å². The third-order valence-electron chi connectivity index (χ3n) is 2.21. The van der Waals surface area contributed by atoms with Crippen LogP contribution in [0.25, 0.3) is 0 Å². The highest BCUT2D eigenvalue weighted by Gasteiger charge is 2.07. The Labute approximate surface area is 81.8 Å². The maximum atomic E-state index is 9.13. The number of hydrogen-bond donors (Lipinski definition) is 1. The zero-order chi connectivity index (χ0) is 9.97. The van der Waals surface area contributed by atoms with Gasteiger partial charge in [0.15, 0.2) is 0 Å². The van der Waals surface area contributed by atoms with E-state index in [1.807, 2.05) is 25.3 Å². The number of benzene rings is 1. The minimum atomic E-state index is 0.137. The molecule has 1 heterocycles. The first kappa shape index (κ1) is 8.74. The van der Waals surface area contributed by atoms with Crippen LogP contribution in [0.5, 0.6) is 5.75 Å². The van der Waals surface area contributed by atoms with Crippen LogP contribution < -0.4 is 0 Å². The predicted octanol–water partition coefficient (Wildman–Crippen LogP) is 1.59. The average molecular weight is 189 g/mol. The summed E-state index contributed by atoms with van der Waals surface area (Å²) in [7, 11) is 0. The lowest BCUT2D eigenvalue weighted by Crippen LogP contribution is -2.07. The number of hydrogen-bond acceptors (Lipinski definition) is 3. The monoisotopic (exact) mass is 189 g/mol. The lowest BCUT2D eigenvalue weighted by molar-refractivity contribution is 0.474. The molecule has 0 radical (unpaired) electrons. The van der Waals surface area contributed by atoms with Crippen LogP contribution in [0.4, 0.5) is 0 Å². The third kappa shape index (κ3) is 1.59. The average Bonchev–Trinajstić information content (AvgIpc) is 2.71. The Balaban J connectivity index is 2.28. The summed E-state index contributed by atoms with van der Waals surface area (Å²) in [6, 6.07) is 7.23. The number of aromatic hydroxyl groups is 1. The Hall–Kier alpha value is -1.84. The maximum Gasteiger partial charge on any atom is 0.115 e. The number of aromatic nitrogens is 3. The Morgan fingerprint density at radius 1 is 1.29 bits per heavy atom. The molecule has 0 aliphatic carbocycles. The molecular weight excluding hydrogens is 178 g/mol. The molecule has 4 nitrogen and oxygen atoms in total. The fourth-order valence-electron chi connectivity index (χ4n) is 1.33. The lowest BCUT2D eigenvalue weighted by Gasteiger charge is -2.11. The SMILES string of the molecule is CC(c1ccc(O)cc1)n1ccnn1. The Kier molecular flexibility index (Phi) is 2.18. The summed E-state index contributed by atoms with van der Waals surface area (Å²) in [6.07, 6.45) is 3.47. The topological polar surface area (TPSA) is 50.9 Å². The molecule has 1 N–H and O–H groups in total. The van der Waals surface area contributed by atoms with Crippen molar-refractivity contribution in [3.63, 3.8) is 0 Å². The molecule has 4 heteroatoms. The summed E-state index contributed by atoms with van der Waals surface area (Å²) in [5.41, 5.74) is 1.09. The summed E-state index contributed by atoms with van der Waals surface area (Å²) in [4.78, 5) is 0. The van der Waals surface area contributed by atoms with Crippen molar-refractivity contribution in [1.29, 1.82) is 0 Å². The van der Waals surface area contributed by atoms with Gasteiger partial charge in [-0.05, 0) is 24.6 Å². The molecule has 0 saturated carbocycles. The van der Waals surface area contributed by atoms with E-state index < -0.39 is 0 Å². The summed E-state index contributed by atoms with van der Waals surface area (Å²) in [6.45, 7) is 2.03. The van der Waals surface area contributed by atoms with Crippen LogP contribution in [0, 0.1) is 0 Å². The van der Waals surface area contributed by atoms with E-state index in [1.165, 1.54) is 0 Å². The zero-order valence-electron chi connectivity index (χ0n) is 7.83. The van der Waals surface area contributed by atoms with E-state index in [2.05, 4.69) is 10.3 Å². The standard InChI is InChI=1S/C10H11N3O/c1-8(13-7-6-11-12-13)9-2-4-10(14)5-3-9/h2-8,14H,1H3. The zero-order valence-corrected chi connectivity index (χ0v) is 7.83. The molecule has 0 saturated heterocycles. The highest BCUT2D eigenvalue weighted by molar-refractivity contribution is 5.27. The van der Waals surface area contributed by atoms with Gasteiger partial charge in [-0.3, -0.25) is 0 Å². The van der Waals surface area contributed by atoms with Crippen LogP contribution in [0.1, 0.15) is 18.5 Å². The van der Waals surface area contributed by atoms with E-state index in [9.17, 15) is 0 Å². The summed E-state index contributed by atoms with van der Waals surface area (Å²) < 4.78 is 1.77. The van der Waals surface area contributed by atoms with Crippen LogP contribution in [0.2, 0.25) is 0 Å². The largest absolute Gasteiger partial charge is 0.508 e. The van der Waals surface area contributed by atoms with E-state index in [1.54, 1.807) is 23.0 Å². The molecule has 1 unspecified atom stereocenters. The van der Waals surface area contributed by atoms with Gasteiger partial charge in [0.25, 0.3) is 0 Å². The summed E-state index contributed by atoms with van der Waals surface area (Å²) in [5.74, 6) is 0.277. The van der Waals surface area contributed by atoms with E-state index in [4.69, 9.17) is 5.11 Å². The van der Waals surface area contributed by atoms with Crippen molar-refractivity contribution in [3.05, 3.63) is 42.2 Å². The highest BCUT2D eigenvalue weighted by Crippen LogP contribution is 2.18. The molecule has 0 aliphatic heterocycles. The van der Waals surface area contributed by atoms with E-state index in [0.29, 0.717) is 0 Å². The van der Waals surface area contributed by atoms with Gasteiger partial charge in [-0.15, -0.1) is 5.10 Å². The van der Waals surface area contributed by atoms with Gasteiger partial charge in [-0.1, -0.05) is 17.3 Å². The quantitative estimate of drug-likeness (QED) is 0.780. The molecule has 1 atom stereocenters. The van der Waals surface area contributed by atoms with Crippen LogP contribution in [0.15, 0.2) is 36.7 Å². The molecule has 0 amide bonds. The molecular formula is C10H11N3O. The molecule has 0 fully saturated rings. The molecule has 0 aliphatic rings. The number of rotatable bonds is 2. The van der Waals surface area contributed by atoms with Crippen molar-refractivity contribution in [2.75, 3.05) is 0 Å². The van der Waals surface area contributed by atoms with Gasteiger partial charge in [0.1, 0.15) is 5.75 Å². The first-order chi connectivity index (χ1) is 6.77. The molecule has 1 aromatic heterocycles. The number of phenolic OH excluding ortho intramolecular Hbond substituents is 1. The summed E-state index contributed by atoms with van der Waals surface area (Å²) >= 11 is 0. The van der Waals surface area contributed by atoms with Crippen molar-refractivity contribution < 1.29 is 5.11 Å². The molecule has 2 rings (SSSR count). The van der Waals surface area contributed by atoms with Crippen LogP contribution in [-0.4, -0.2) is 20.1 Å². The molecule has 14 heavy (non-hydrogen) atoms. The van der Waals surface area contributed by atoms with Crippen molar-refractivity contribution in [1.82, 2.24) is 15.0 Å². The van der Waals surface area contributed by atoms with E-state index >= 15 is 0 Å². The Morgan fingerprint density at radius 3 is 2.57 bits per heavy atom.